The van der Waals surface area contributed by atoms with E-state index in [-0.39, 0.29) is 0 Å². The molecule has 1 aromatic carbocycles. The van der Waals surface area contributed by atoms with Crippen molar-refractivity contribution in [3.63, 3.8) is 0 Å². The zero-order valence-corrected chi connectivity index (χ0v) is 9.08. The molecule has 1 heteroatoms. The Balaban J connectivity index is 2.00. The van der Waals surface area contributed by atoms with Crippen LogP contribution in [0.2, 0.25) is 0 Å². The van der Waals surface area contributed by atoms with Crippen molar-refractivity contribution in [3.8, 4) is 12.3 Å². The molecule has 0 aromatic heterocycles. The second-order valence-corrected chi connectivity index (χ2v) is 4.06. The monoisotopic (exact) mass is 199 g/mol. The van der Waals surface area contributed by atoms with Gasteiger partial charge in [-0.15, -0.1) is 12.3 Å². The van der Waals surface area contributed by atoms with E-state index < -0.39 is 0 Å². The van der Waals surface area contributed by atoms with Crippen LogP contribution in [0, 0.1) is 12.3 Å². The summed E-state index contributed by atoms with van der Waals surface area (Å²) in [5.74, 6) is 2.71. The topological polar surface area (TPSA) is 3.24 Å². The van der Waals surface area contributed by atoms with E-state index in [2.05, 4.69) is 35.1 Å². The third kappa shape index (κ3) is 2.61. The number of fused-ring (bicyclic) bond motifs is 1. The van der Waals surface area contributed by atoms with Crippen LogP contribution in [0.1, 0.15) is 17.5 Å². The van der Waals surface area contributed by atoms with Crippen molar-refractivity contribution in [2.45, 2.75) is 19.3 Å². The Morgan fingerprint density at radius 1 is 1.13 bits per heavy atom. The van der Waals surface area contributed by atoms with Crippen molar-refractivity contribution in [1.82, 2.24) is 4.90 Å². The maximum absolute atomic E-state index is 5.29. The van der Waals surface area contributed by atoms with Crippen LogP contribution in [0.3, 0.4) is 0 Å². The molecular formula is C14H17N. The van der Waals surface area contributed by atoms with Crippen molar-refractivity contribution in [1.29, 1.82) is 0 Å². The Labute approximate surface area is 92.1 Å². The molecule has 0 fully saturated rings. The first-order chi connectivity index (χ1) is 7.40. The van der Waals surface area contributed by atoms with Crippen LogP contribution in [-0.2, 0) is 12.8 Å². The fourth-order valence-corrected chi connectivity index (χ4v) is 2.16. The van der Waals surface area contributed by atoms with Gasteiger partial charge >= 0.3 is 0 Å². The fraction of sp³-hybridized carbons (Fsp3) is 0.429. The van der Waals surface area contributed by atoms with Gasteiger partial charge in [0.1, 0.15) is 0 Å². The molecule has 0 spiro atoms. The predicted molar refractivity (Wildman–Crippen MR) is 63.7 cm³/mol. The van der Waals surface area contributed by atoms with Gasteiger partial charge in [0, 0.05) is 26.1 Å². The zero-order chi connectivity index (χ0) is 10.5. The van der Waals surface area contributed by atoms with E-state index in [1.807, 2.05) is 0 Å². The Morgan fingerprint density at radius 3 is 2.27 bits per heavy atom. The van der Waals surface area contributed by atoms with Crippen LogP contribution < -0.4 is 0 Å². The quantitative estimate of drug-likeness (QED) is 0.659. The van der Waals surface area contributed by atoms with Crippen LogP contribution in [0.4, 0.5) is 0 Å². The SMILES string of the molecule is C#CCCN1CCc2ccccc2CC1. The lowest BCUT2D eigenvalue weighted by Gasteiger charge is -2.17. The van der Waals surface area contributed by atoms with Crippen LogP contribution in [0.15, 0.2) is 24.3 Å². The van der Waals surface area contributed by atoms with Gasteiger partial charge in [0.25, 0.3) is 0 Å². The van der Waals surface area contributed by atoms with Gasteiger partial charge in [0.05, 0.1) is 0 Å². The van der Waals surface area contributed by atoms with Crippen molar-refractivity contribution in [2.24, 2.45) is 0 Å². The lowest BCUT2D eigenvalue weighted by molar-refractivity contribution is 0.294. The molecule has 0 saturated carbocycles. The molecule has 1 aliphatic heterocycles. The Bertz CT molecular complexity index is 335. The van der Waals surface area contributed by atoms with Crippen LogP contribution in [0.25, 0.3) is 0 Å². The molecule has 0 amide bonds. The maximum atomic E-state index is 5.29. The first kappa shape index (κ1) is 10.3. The molecule has 0 saturated heterocycles. The molecular weight excluding hydrogens is 182 g/mol. The molecule has 15 heavy (non-hydrogen) atoms. The third-order valence-electron chi connectivity index (χ3n) is 3.09. The van der Waals surface area contributed by atoms with Gasteiger partial charge in [-0.1, -0.05) is 24.3 Å². The van der Waals surface area contributed by atoms with Crippen molar-refractivity contribution >= 4 is 0 Å². The summed E-state index contributed by atoms with van der Waals surface area (Å²) in [4.78, 5) is 2.47. The van der Waals surface area contributed by atoms with E-state index in [1.165, 1.54) is 24.0 Å². The first-order valence-electron chi connectivity index (χ1n) is 5.63. The number of benzene rings is 1. The highest BCUT2D eigenvalue weighted by Gasteiger charge is 2.12. The van der Waals surface area contributed by atoms with Gasteiger partial charge in [0.15, 0.2) is 0 Å². The Hall–Kier alpha value is -1.26. The molecule has 0 radical (unpaired) electrons. The van der Waals surface area contributed by atoms with Crippen LogP contribution in [0.5, 0.6) is 0 Å². The molecule has 0 unspecified atom stereocenters. The summed E-state index contributed by atoms with van der Waals surface area (Å²) in [6.07, 6.45) is 8.50. The molecule has 2 rings (SSSR count). The van der Waals surface area contributed by atoms with Gasteiger partial charge in [-0.2, -0.15) is 0 Å². The minimum atomic E-state index is 0.871. The molecule has 1 heterocycles. The number of hydrogen-bond acceptors (Lipinski definition) is 1. The van der Waals surface area contributed by atoms with E-state index in [4.69, 9.17) is 6.42 Å². The fourth-order valence-electron chi connectivity index (χ4n) is 2.16. The maximum Gasteiger partial charge on any atom is 0.0214 e. The van der Waals surface area contributed by atoms with E-state index in [0.717, 1.165) is 26.1 Å². The van der Waals surface area contributed by atoms with E-state index in [1.54, 1.807) is 0 Å². The predicted octanol–water partition coefficient (Wildman–Crippen LogP) is 2.11. The molecule has 0 atom stereocenters. The second-order valence-electron chi connectivity index (χ2n) is 4.06. The summed E-state index contributed by atoms with van der Waals surface area (Å²) in [5, 5.41) is 0. The number of rotatable bonds is 2. The van der Waals surface area contributed by atoms with Crippen LogP contribution >= 0.6 is 0 Å². The smallest absolute Gasteiger partial charge is 0.0214 e. The highest BCUT2D eigenvalue weighted by atomic mass is 15.1. The first-order valence-corrected chi connectivity index (χ1v) is 5.63. The minimum absolute atomic E-state index is 0.871. The highest BCUT2D eigenvalue weighted by Crippen LogP contribution is 2.15. The average molecular weight is 199 g/mol. The normalized spacial score (nSPS) is 16.5. The number of hydrogen-bond donors (Lipinski definition) is 0. The zero-order valence-electron chi connectivity index (χ0n) is 9.08. The standard InChI is InChI=1S/C14H17N/c1-2-3-10-15-11-8-13-6-4-5-7-14(13)9-12-15/h1,4-7H,3,8-12H2. The summed E-state index contributed by atoms with van der Waals surface area (Å²) < 4.78 is 0. The lowest BCUT2D eigenvalue weighted by atomic mass is 10.0. The molecule has 0 bridgehead atoms. The summed E-state index contributed by atoms with van der Waals surface area (Å²) in [5.41, 5.74) is 3.03. The average Bonchev–Trinajstić information content (AvgIpc) is 2.49. The number of terminal acetylenes is 1. The van der Waals surface area contributed by atoms with Gasteiger partial charge in [-0.05, 0) is 24.0 Å². The molecule has 0 N–H and O–H groups in total. The summed E-state index contributed by atoms with van der Waals surface area (Å²) in [6.45, 7) is 3.35. The van der Waals surface area contributed by atoms with E-state index >= 15 is 0 Å². The van der Waals surface area contributed by atoms with Crippen molar-refractivity contribution in [2.75, 3.05) is 19.6 Å². The van der Waals surface area contributed by atoms with Crippen molar-refractivity contribution in [3.05, 3.63) is 35.4 Å². The highest BCUT2D eigenvalue weighted by molar-refractivity contribution is 5.28. The minimum Gasteiger partial charge on any atom is -0.302 e. The van der Waals surface area contributed by atoms with Gasteiger partial charge in [-0.25, -0.2) is 0 Å². The summed E-state index contributed by atoms with van der Waals surface area (Å²) in [6, 6.07) is 8.77. The third-order valence-corrected chi connectivity index (χ3v) is 3.09. The van der Waals surface area contributed by atoms with Crippen LogP contribution in [-0.4, -0.2) is 24.5 Å². The summed E-state index contributed by atoms with van der Waals surface area (Å²) >= 11 is 0. The molecule has 78 valence electrons. The van der Waals surface area contributed by atoms with E-state index in [9.17, 15) is 0 Å². The van der Waals surface area contributed by atoms with Gasteiger partial charge < -0.3 is 4.90 Å². The van der Waals surface area contributed by atoms with Gasteiger partial charge in [-0.3, -0.25) is 0 Å². The lowest BCUT2D eigenvalue weighted by Crippen LogP contribution is -2.27. The number of nitrogens with zero attached hydrogens (tertiary/aromatic N) is 1. The molecule has 0 aliphatic carbocycles. The molecule has 1 aliphatic rings. The summed E-state index contributed by atoms with van der Waals surface area (Å²) in [7, 11) is 0. The Morgan fingerprint density at radius 2 is 1.73 bits per heavy atom. The van der Waals surface area contributed by atoms with Gasteiger partial charge in [0.2, 0.25) is 0 Å². The Kier molecular flexibility index (Phi) is 3.42. The van der Waals surface area contributed by atoms with Crippen molar-refractivity contribution < 1.29 is 0 Å². The second kappa shape index (κ2) is 5.00. The van der Waals surface area contributed by atoms with E-state index in [0.29, 0.717) is 0 Å². The molecule has 1 aromatic rings. The molecule has 1 nitrogen and oxygen atoms in total. The largest absolute Gasteiger partial charge is 0.302 e.